The summed E-state index contributed by atoms with van der Waals surface area (Å²) in [5.74, 6) is -0.553. The van der Waals surface area contributed by atoms with Crippen LogP contribution in [0.3, 0.4) is 0 Å². The lowest BCUT2D eigenvalue weighted by molar-refractivity contribution is -0.0944. The molecule has 0 saturated heterocycles. The van der Waals surface area contributed by atoms with Gasteiger partial charge in [0.2, 0.25) is 0 Å². The number of anilines is 1. The van der Waals surface area contributed by atoms with Crippen LogP contribution in [0.5, 0.6) is 0 Å². The number of benzene rings is 1. The van der Waals surface area contributed by atoms with Gasteiger partial charge in [0.1, 0.15) is 5.82 Å². The fourth-order valence-corrected chi connectivity index (χ4v) is 2.36. The second-order valence-corrected chi connectivity index (χ2v) is 4.77. The highest BCUT2D eigenvalue weighted by Gasteiger charge is 2.35. The van der Waals surface area contributed by atoms with Gasteiger partial charge in [0.15, 0.2) is 0 Å². The number of halogens is 4. The lowest BCUT2D eigenvalue weighted by atomic mass is 10.0. The molecule has 0 amide bonds. The van der Waals surface area contributed by atoms with E-state index in [-0.39, 0.29) is 25.1 Å². The Morgan fingerprint density at radius 3 is 2.50 bits per heavy atom. The number of aliphatic hydroxyl groups excluding tert-OH is 1. The first-order chi connectivity index (χ1) is 9.30. The molecule has 0 bridgehead atoms. The summed E-state index contributed by atoms with van der Waals surface area (Å²) in [6.45, 7) is 1.63. The van der Waals surface area contributed by atoms with Crippen LogP contribution in [0.15, 0.2) is 29.8 Å². The molecule has 0 aromatic heterocycles. The summed E-state index contributed by atoms with van der Waals surface area (Å²) in [6, 6.07) is 4.32. The summed E-state index contributed by atoms with van der Waals surface area (Å²) >= 11 is 0. The molecule has 0 saturated carbocycles. The van der Waals surface area contributed by atoms with E-state index in [4.69, 9.17) is 0 Å². The normalized spacial score (nSPS) is 17.9. The molecule has 20 heavy (non-hydrogen) atoms. The van der Waals surface area contributed by atoms with E-state index in [1.54, 1.807) is 11.0 Å². The third-order valence-corrected chi connectivity index (χ3v) is 3.36. The number of alkyl halides is 3. The van der Waals surface area contributed by atoms with Crippen LogP contribution in [0, 0.1) is 5.82 Å². The molecule has 1 aromatic carbocycles. The van der Waals surface area contributed by atoms with Crippen LogP contribution in [0.4, 0.5) is 23.2 Å². The van der Waals surface area contributed by atoms with Crippen LogP contribution in [0.2, 0.25) is 0 Å². The first kappa shape index (κ1) is 14.8. The molecule has 1 aromatic rings. The Morgan fingerprint density at radius 2 is 2.00 bits per heavy atom. The largest absolute Gasteiger partial charge is 0.412 e. The van der Waals surface area contributed by atoms with Crippen molar-refractivity contribution in [3.8, 4) is 0 Å². The van der Waals surface area contributed by atoms with Gasteiger partial charge in [-0.2, -0.15) is 13.2 Å². The third-order valence-electron chi connectivity index (χ3n) is 3.36. The van der Waals surface area contributed by atoms with E-state index >= 15 is 0 Å². The maximum Gasteiger partial charge on any atom is 0.412 e. The molecule has 110 valence electrons. The van der Waals surface area contributed by atoms with E-state index in [1.807, 2.05) is 0 Å². The van der Waals surface area contributed by atoms with Gasteiger partial charge in [-0.25, -0.2) is 4.39 Å². The molecule has 2 nitrogen and oxygen atoms in total. The van der Waals surface area contributed by atoms with Gasteiger partial charge in [0.05, 0.1) is 6.10 Å². The monoisotopic (exact) mass is 289 g/mol. The fourth-order valence-electron chi connectivity index (χ4n) is 2.36. The van der Waals surface area contributed by atoms with Crippen LogP contribution >= 0.6 is 0 Å². The highest BCUT2D eigenvalue weighted by Crippen LogP contribution is 2.34. The Morgan fingerprint density at radius 1 is 1.30 bits per heavy atom. The predicted molar refractivity (Wildman–Crippen MR) is 68.0 cm³/mol. The molecule has 1 atom stereocenters. The van der Waals surface area contributed by atoms with Crippen molar-refractivity contribution in [3.63, 3.8) is 0 Å². The predicted octanol–water partition coefficient (Wildman–Crippen LogP) is 3.58. The number of aliphatic hydroxyl groups is 1. The summed E-state index contributed by atoms with van der Waals surface area (Å²) in [6.07, 6.45) is -4.35. The average molecular weight is 289 g/mol. The van der Waals surface area contributed by atoms with Gasteiger partial charge in [0, 0.05) is 29.9 Å². The lowest BCUT2D eigenvalue weighted by Crippen LogP contribution is -2.32. The van der Waals surface area contributed by atoms with Crippen molar-refractivity contribution in [1.29, 1.82) is 0 Å². The van der Waals surface area contributed by atoms with Crippen molar-refractivity contribution >= 4 is 5.69 Å². The molecule has 1 aliphatic rings. The minimum Gasteiger partial charge on any atom is -0.389 e. The molecule has 1 heterocycles. The number of hydrogen-bond donors (Lipinski definition) is 1. The van der Waals surface area contributed by atoms with Crippen LogP contribution in [0.1, 0.15) is 25.0 Å². The molecule has 0 fully saturated rings. The van der Waals surface area contributed by atoms with Gasteiger partial charge < -0.3 is 10.0 Å². The van der Waals surface area contributed by atoms with Gasteiger partial charge in [-0.05, 0) is 25.5 Å². The summed E-state index contributed by atoms with van der Waals surface area (Å²) in [4.78, 5) is 1.64. The summed E-state index contributed by atoms with van der Waals surface area (Å²) in [5.41, 5.74) is 0.0117. The minimum atomic E-state index is -4.30. The van der Waals surface area contributed by atoms with E-state index in [0.717, 1.165) is 6.08 Å². The SMILES string of the molecule is C[C@@H](O)c1c(F)cccc1N1CC=C(C(F)(F)F)CC1. The number of nitrogens with zero attached hydrogens (tertiary/aromatic N) is 1. The van der Waals surface area contributed by atoms with Crippen molar-refractivity contribution in [2.75, 3.05) is 18.0 Å². The molecule has 1 N–H and O–H groups in total. The number of rotatable bonds is 2. The summed E-state index contributed by atoms with van der Waals surface area (Å²) < 4.78 is 51.4. The highest BCUT2D eigenvalue weighted by molar-refractivity contribution is 5.56. The molecule has 0 aliphatic carbocycles. The Bertz CT molecular complexity index is 522. The Hall–Kier alpha value is -1.56. The van der Waals surface area contributed by atoms with Gasteiger partial charge in [-0.3, -0.25) is 0 Å². The van der Waals surface area contributed by atoms with E-state index in [2.05, 4.69) is 0 Å². The molecule has 0 spiro atoms. The fraction of sp³-hybridized carbons (Fsp3) is 0.429. The van der Waals surface area contributed by atoms with Crippen molar-refractivity contribution in [1.82, 2.24) is 0 Å². The van der Waals surface area contributed by atoms with Gasteiger partial charge >= 0.3 is 6.18 Å². The smallest absolute Gasteiger partial charge is 0.389 e. The summed E-state index contributed by atoms with van der Waals surface area (Å²) in [5, 5.41) is 9.64. The average Bonchev–Trinajstić information content (AvgIpc) is 2.37. The second kappa shape index (κ2) is 5.44. The first-order valence-electron chi connectivity index (χ1n) is 6.28. The molecule has 2 rings (SSSR count). The Balaban J connectivity index is 2.28. The molecule has 0 unspecified atom stereocenters. The van der Waals surface area contributed by atoms with Crippen molar-refractivity contribution in [2.24, 2.45) is 0 Å². The minimum absolute atomic E-state index is 0.0536. The zero-order valence-corrected chi connectivity index (χ0v) is 10.9. The second-order valence-electron chi connectivity index (χ2n) is 4.77. The summed E-state index contributed by atoms with van der Waals surface area (Å²) in [7, 11) is 0. The number of hydrogen-bond acceptors (Lipinski definition) is 2. The highest BCUT2D eigenvalue weighted by atomic mass is 19.4. The van der Waals surface area contributed by atoms with Gasteiger partial charge in [-0.1, -0.05) is 12.1 Å². The van der Waals surface area contributed by atoms with Crippen molar-refractivity contribution < 1.29 is 22.7 Å². The quantitative estimate of drug-likeness (QED) is 0.664. The topological polar surface area (TPSA) is 23.5 Å². The Labute approximate surface area is 114 Å². The first-order valence-corrected chi connectivity index (χ1v) is 6.28. The van der Waals surface area contributed by atoms with E-state index in [0.29, 0.717) is 5.69 Å². The van der Waals surface area contributed by atoms with Crippen LogP contribution in [-0.4, -0.2) is 24.4 Å². The zero-order valence-electron chi connectivity index (χ0n) is 10.9. The van der Waals surface area contributed by atoms with Gasteiger partial charge in [0.25, 0.3) is 0 Å². The molecule has 0 radical (unpaired) electrons. The van der Waals surface area contributed by atoms with Crippen molar-refractivity contribution in [3.05, 3.63) is 41.2 Å². The maximum absolute atomic E-state index is 13.7. The van der Waals surface area contributed by atoms with Crippen LogP contribution < -0.4 is 4.90 Å². The molecule has 6 heteroatoms. The van der Waals surface area contributed by atoms with E-state index < -0.39 is 23.7 Å². The van der Waals surface area contributed by atoms with E-state index in [1.165, 1.54) is 19.1 Å². The zero-order chi connectivity index (χ0) is 14.9. The lowest BCUT2D eigenvalue weighted by Gasteiger charge is -2.31. The third kappa shape index (κ3) is 2.95. The van der Waals surface area contributed by atoms with Gasteiger partial charge in [-0.15, -0.1) is 0 Å². The molecular weight excluding hydrogens is 274 g/mol. The molecular formula is C14H15F4NO. The van der Waals surface area contributed by atoms with E-state index in [9.17, 15) is 22.7 Å². The Kier molecular flexibility index (Phi) is 4.04. The van der Waals surface area contributed by atoms with Crippen LogP contribution in [0.25, 0.3) is 0 Å². The van der Waals surface area contributed by atoms with Crippen molar-refractivity contribution in [2.45, 2.75) is 25.6 Å². The van der Waals surface area contributed by atoms with Crippen LogP contribution in [-0.2, 0) is 0 Å². The maximum atomic E-state index is 13.7. The molecule has 1 aliphatic heterocycles. The standard InChI is InChI=1S/C14H15F4NO/c1-9(20)13-11(15)3-2-4-12(13)19-7-5-10(6-8-19)14(16,17)18/h2-5,9,20H,6-8H2,1H3/t9-/m1/s1.